The van der Waals surface area contributed by atoms with E-state index in [1.54, 1.807) is 0 Å². The summed E-state index contributed by atoms with van der Waals surface area (Å²) in [4.78, 5) is 8.75. The Morgan fingerprint density at radius 3 is 2.11 bits per heavy atom. The number of unbranched alkanes of at least 4 members (excludes halogenated alkanes) is 2. The Kier molecular flexibility index (Phi) is 7.01. The van der Waals surface area contributed by atoms with Crippen molar-refractivity contribution in [1.29, 1.82) is 0 Å². The fourth-order valence-electron chi connectivity index (χ4n) is 2.12. The lowest BCUT2D eigenvalue weighted by molar-refractivity contribution is 0.478. The van der Waals surface area contributed by atoms with Crippen LogP contribution in [-0.2, 0) is 6.42 Å². The van der Waals surface area contributed by atoms with Crippen LogP contribution in [0.4, 0.5) is 0 Å². The highest BCUT2D eigenvalue weighted by atomic mass is 15.3. The molecule has 0 N–H and O–H groups in total. The molecule has 0 aliphatic heterocycles. The third-order valence-electron chi connectivity index (χ3n) is 3.02. The minimum atomic E-state index is 0.917. The van der Waals surface area contributed by atoms with Crippen molar-refractivity contribution in [2.45, 2.75) is 25.7 Å². The lowest BCUT2D eigenvalue weighted by atomic mass is 10.1. The summed E-state index contributed by atoms with van der Waals surface area (Å²) in [6, 6.07) is 10.7. The summed E-state index contributed by atoms with van der Waals surface area (Å²) in [5, 5.41) is 0. The van der Waals surface area contributed by atoms with Gasteiger partial charge in [0.25, 0.3) is 0 Å². The summed E-state index contributed by atoms with van der Waals surface area (Å²) in [5.41, 5.74) is 1.44. The van der Waals surface area contributed by atoms with Gasteiger partial charge in [-0.3, -0.25) is 4.99 Å². The van der Waals surface area contributed by atoms with E-state index < -0.39 is 0 Å². The van der Waals surface area contributed by atoms with Gasteiger partial charge in [0, 0.05) is 34.7 Å². The van der Waals surface area contributed by atoms with E-state index in [0.717, 1.165) is 18.9 Å². The van der Waals surface area contributed by atoms with Gasteiger partial charge < -0.3 is 9.80 Å². The third kappa shape index (κ3) is 6.27. The van der Waals surface area contributed by atoms with Gasteiger partial charge in [0.1, 0.15) is 0 Å². The third-order valence-corrected chi connectivity index (χ3v) is 3.02. The summed E-state index contributed by atoms with van der Waals surface area (Å²) >= 11 is 0. The highest BCUT2D eigenvalue weighted by Crippen LogP contribution is 2.06. The van der Waals surface area contributed by atoms with Crippen molar-refractivity contribution in [1.82, 2.24) is 9.80 Å². The van der Waals surface area contributed by atoms with Crippen LogP contribution in [0.15, 0.2) is 35.3 Å². The van der Waals surface area contributed by atoms with Gasteiger partial charge in [0.05, 0.1) is 0 Å². The Labute approximate surface area is 117 Å². The van der Waals surface area contributed by atoms with Crippen molar-refractivity contribution in [3.63, 3.8) is 0 Å². The Bertz CT molecular complexity index is 359. The summed E-state index contributed by atoms with van der Waals surface area (Å²) < 4.78 is 0. The van der Waals surface area contributed by atoms with Gasteiger partial charge in [-0.25, -0.2) is 0 Å². The smallest absolute Gasteiger partial charge is 0.195 e. The fraction of sp³-hybridized carbons (Fsp3) is 0.562. The molecule has 19 heavy (non-hydrogen) atoms. The van der Waals surface area contributed by atoms with Gasteiger partial charge in [-0.15, -0.1) is 0 Å². The van der Waals surface area contributed by atoms with Crippen LogP contribution in [0.3, 0.4) is 0 Å². The largest absolute Gasteiger partial charge is 0.349 e. The van der Waals surface area contributed by atoms with Crippen molar-refractivity contribution in [2.24, 2.45) is 4.99 Å². The number of aryl methyl sites for hydroxylation is 1. The van der Waals surface area contributed by atoms with Crippen LogP contribution in [0.2, 0.25) is 0 Å². The standard InChI is InChI=1S/C16H27N3/c1-18(2)16(19(3)4)17-14-10-6-9-13-15-11-7-5-8-12-15/h5,7-8,11-12H,6,9-10,13-14H2,1-4H3. The maximum absolute atomic E-state index is 4.64. The average molecular weight is 261 g/mol. The zero-order valence-corrected chi connectivity index (χ0v) is 12.8. The van der Waals surface area contributed by atoms with Gasteiger partial charge in [-0.1, -0.05) is 36.8 Å². The summed E-state index contributed by atoms with van der Waals surface area (Å²) in [7, 11) is 8.14. The number of nitrogens with zero attached hydrogens (tertiary/aromatic N) is 3. The van der Waals surface area contributed by atoms with Crippen LogP contribution in [0, 0.1) is 0 Å². The fourth-order valence-corrected chi connectivity index (χ4v) is 2.12. The van der Waals surface area contributed by atoms with E-state index >= 15 is 0 Å². The molecule has 0 heterocycles. The van der Waals surface area contributed by atoms with Crippen molar-refractivity contribution < 1.29 is 0 Å². The minimum Gasteiger partial charge on any atom is -0.349 e. The highest BCUT2D eigenvalue weighted by Gasteiger charge is 2.02. The van der Waals surface area contributed by atoms with Crippen LogP contribution in [-0.4, -0.2) is 50.5 Å². The van der Waals surface area contributed by atoms with Crippen molar-refractivity contribution in [2.75, 3.05) is 34.7 Å². The molecule has 1 aromatic rings. The first-order valence-corrected chi connectivity index (χ1v) is 7.04. The Balaban J connectivity index is 2.19. The normalized spacial score (nSPS) is 10.1. The van der Waals surface area contributed by atoms with Gasteiger partial charge in [0.2, 0.25) is 0 Å². The maximum Gasteiger partial charge on any atom is 0.195 e. The number of hydrogen-bond donors (Lipinski definition) is 0. The molecule has 0 bridgehead atoms. The first kappa shape index (κ1) is 15.5. The Morgan fingerprint density at radius 1 is 0.895 bits per heavy atom. The molecular weight excluding hydrogens is 234 g/mol. The monoisotopic (exact) mass is 261 g/mol. The SMILES string of the molecule is CN(C)C(=NCCCCCc1ccccc1)N(C)C. The molecule has 106 valence electrons. The van der Waals surface area contributed by atoms with Gasteiger partial charge >= 0.3 is 0 Å². The zero-order chi connectivity index (χ0) is 14.1. The molecule has 3 heteroatoms. The van der Waals surface area contributed by atoms with E-state index in [0.29, 0.717) is 0 Å². The van der Waals surface area contributed by atoms with Crippen molar-refractivity contribution >= 4 is 5.96 Å². The van der Waals surface area contributed by atoms with E-state index in [9.17, 15) is 0 Å². The van der Waals surface area contributed by atoms with Crippen molar-refractivity contribution in [3.8, 4) is 0 Å². The summed E-state index contributed by atoms with van der Waals surface area (Å²) in [6.45, 7) is 0.917. The average Bonchev–Trinajstić information content (AvgIpc) is 2.38. The van der Waals surface area contributed by atoms with Crippen LogP contribution in [0.25, 0.3) is 0 Å². The molecule has 0 radical (unpaired) electrons. The van der Waals surface area contributed by atoms with Crippen LogP contribution >= 0.6 is 0 Å². The number of hydrogen-bond acceptors (Lipinski definition) is 1. The number of guanidine groups is 1. The van der Waals surface area contributed by atoms with Gasteiger partial charge in [-0.2, -0.15) is 0 Å². The molecule has 0 saturated carbocycles. The van der Waals surface area contributed by atoms with Crippen molar-refractivity contribution in [3.05, 3.63) is 35.9 Å². The molecule has 0 saturated heterocycles. The molecule has 0 amide bonds. The molecule has 0 spiro atoms. The zero-order valence-electron chi connectivity index (χ0n) is 12.8. The topological polar surface area (TPSA) is 18.8 Å². The molecule has 1 aromatic carbocycles. The van der Waals surface area contributed by atoms with Crippen LogP contribution < -0.4 is 0 Å². The van der Waals surface area contributed by atoms with E-state index in [1.807, 2.05) is 28.2 Å². The second-order valence-electron chi connectivity index (χ2n) is 5.27. The van der Waals surface area contributed by atoms with E-state index in [-0.39, 0.29) is 0 Å². The molecule has 1 rings (SSSR count). The second kappa shape index (κ2) is 8.57. The summed E-state index contributed by atoms with van der Waals surface area (Å²) in [5.74, 6) is 1.04. The number of benzene rings is 1. The molecule has 3 nitrogen and oxygen atoms in total. The van der Waals surface area contributed by atoms with E-state index in [1.165, 1.54) is 24.8 Å². The lowest BCUT2D eigenvalue weighted by Gasteiger charge is -2.22. The maximum atomic E-state index is 4.64. The molecule has 0 fully saturated rings. The van der Waals surface area contributed by atoms with Gasteiger partial charge in [0.15, 0.2) is 5.96 Å². The van der Waals surface area contributed by atoms with E-state index in [2.05, 4.69) is 45.1 Å². The first-order valence-electron chi connectivity index (χ1n) is 7.04. The second-order valence-corrected chi connectivity index (χ2v) is 5.27. The Hall–Kier alpha value is -1.51. The molecule has 0 atom stereocenters. The molecule has 0 aromatic heterocycles. The van der Waals surface area contributed by atoms with Crippen LogP contribution in [0.5, 0.6) is 0 Å². The molecule has 0 aliphatic carbocycles. The minimum absolute atomic E-state index is 0.917. The predicted octanol–water partition coefficient (Wildman–Crippen LogP) is 2.88. The summed E-state index contributed by atoms with van der Waals surface area (Å²) in [6.07, 6.45) is 4.84. The number of aliphatic imine (C=N–C) groups is 1. The predicted molar refractivity (Wildman–Crippen MR) is 83.7 cm³/mol. The lowest BCUT2D eigenvalue weighted by Crippen LogP contribution is -2.35. The Morgan fingerprint density at radius 2 is 1.53 bits per heavy atom. The van der Waals surface area contributed by atoms with Gasteiger partial charge in [-0.05, 0) is 24.8 Å². The highest BCUT2D eigenvalue weighted by molar-refractivity contribution is 5.79. The van der Waals surface area contributed by atoms with E-state index in [4.69, 9.17) is 0 Å². The van der Waals surface area contributed by atoms with Crippen LogP contribution in [0.1, 0.15) is 24.8 Å². The quantitative estimate of drug-likeness (QED) is 0.445. The molecule has 0 aliphatic rings. The first-order chi connectivity index (χ1) is 9.11. The molecule has 0 unspecified atom stereocenters. The number of rotatable bonds is 6. The molecular formula is C16H27N3.